The molecule has 2 heterocycles. The summed E-state index contributed by atoms with van der Waals surface area (Å²) in [5.74, 6) is -1.03. The predicted molar refractivity (Wildman–Crippen MR) is 87.5 cm³/mol. The summed E-state index contributed by atoms with van der Waals surface area (Å²) >= 11 is 7.60. The maximum absolute atomic E-state index is 12.5. The van der Waals surface area contributed by atoms with E-state index in [0.717, 1.165) is 28.5 Å². The Bertz CT molecular complexity index is 727. The van der Waals surface area contributed by atoms with Crippen molar-refractivity contribution in [3.8, 4) is 0 Å². The molecule has 1 aromatic carbocycles. The lowest BCUT2D eigenvalue weighted by molar-refractivity contribution is -0.151. The Hall–Kier alpha value is -1.59. The molecule has 0 spiro atoms. The van der Waals surface area contributed by atoms with Gasteiger partial charge in [0, 0.05) is 16.3 Å². The second kappa shape index (κ2) is 6.26. The van der Waals surface area contributed by atoms with Gasteiger partial charge >= 0.3 is 5.97 Å². The largest absolute Gasteiger partial charge is 0.480 e. The first-order valence-corrected chi connectivity index (χ1v) is 8.50. The summed E-state index contributed by atoms with van der Waals surface area (Å²) in [7, 11) is 0. The first-order valence-electron chi connectivity index (χ1n) is 7.24. The number of hydrogen-bond acceptors (Lipinski definition) is 3. The molecule has 1 unspecified atom stereocenters. The number of benzene rings is 1. The summed E-state index contributed by atoms with van der Waals surface area (Å²) in [5, 5.41) is 12.9. The minimum Gasteiger partial charge on any atom is -0.480 e. The number of carboxylic acids is 1. The Labute approximate surface area is 137 Å². The van der Waals surface area contributed by atoms with Gasteiger partial charge in [-0.1, -0.05) is 11.6 Å². The molecule has 3 rings (SSSR count). The molecule has 22 heavy (non-hydrogen) atoms. The van der Waals surface area contributed by atoms with Crippen LogP contribution in [0.3, 0.4) is 0 Å². The van der Waals surface area contributed by atoms with E-state index >= 15 is 0 Å². The summed E-state index contributed by atoms with van der Waals surface area (Å²) in [6, 6.07) is 4.95. The first-order chi connectivity index (χ1) is 10.6. The molecule has 116 valence electrons. The van der Waals surface area contributed by atoms with Crippen LogP contribution in [-0.2, 0) is 16.0 Å². The highest BCUT2D eigenvalue weighted by Crippen LogP contribution is 2.29. The molecule has 0 saturated carbocycles. The van der Waals surface area contributed by atoms with Crippen molar-refractivity contribution in [2.75, 3.05) is 6.54 Å². The monoisotopic (exact) mass is 337 g/mol. The van der Waals surface area contributed by atoms with Crippen LogP contribution < -0.4 is 0 Å². The van der Waals surface area contributed by atoms with E-state index in [1.54, 1.807) is 11.3 Å². The number of likely N-dealkylation sites (tertiary alicyclic amines) is 1. The number of halogens is 1. The lowest BCUT2D eigenvalue weighted by Crippen LogP contribution is -2.48. The van der Waals surface area contributed by atoms with Crippen molar-refractivity contribution in [1.29, 1.82) is 0 Å². The number of nitrogens with zero attached hydrogens (tertiary/aromatic N) is 1. The molecule has 0 aliphatic carbocycles. The number of carbonyl (C=O) groups is 2. The molecule has 0 radical (unpaired) electrons. The lowest BCUT2D eigenvalue weighted by Gasteiger charge is -2.33. The van der Waals surface area contributed by atoms with Crippen LogP contribution in [0.25, 0.3) is 10.1 Å². The van der Waals surface area contributed by atoms with Gasteiger partial charge in [0.25, 0.3) is 0 Å². The number of carbonyl (C=O) groups excluding carboxylic acids is 1. The van der Waals surface area contributed by atoms with Gasteiger partial charge in [0.15, 0.2) is 0 Å². The van der Waals surface area contributed by atoms with Gasteiger partial charge in [-0.25, -0.2) is 4.79 Å². The molecule has 2 aromatic rings. The molecule has 1 aromatic heterocycles. The second-order valence-electron chi connectivity index (χ2n) is 5.52. The highest BCUT2D eigenvalue weighted by molar-refractivity contribution is 7.17. The van der Waals surface area contributed by atoms with Crippen molar-refractivity contribution in [1.82, 2.24) is 4.90 Å². The van der Waals surface area contributed by atoms with Crippen LogP contribution in [0.1, 0.15) is 24.8 Å². The van der Waals surface area contributed by atoms with Gasteiger partial charge in [-0.2, -0.15) is 0 Å². The third-order valence-electron chi connectivity index (χ3n) is 4.07. The van der Waals surface area contributed by atoms with Gasteiger partial charge in [-0.05, 0) is 53.8 Å². The molecule has 1 saturated heterocycles. The van der Waals surface area contributed by atoms with E-state index in [-0.39, 0.29) is 12.3 Å². The van der Waals surface area contributed by atoms with Crippen LogP contribution in [0.4, 0.5) is 0 Å². The molecular formula is C16H16ClNO3S. The van der Waals surface area contributed by atoms with E-state index in [0.29, 0.717) is 18.0 Å². The van der Waals surface area contributed by atoms with E-state index in [4.69, 9.17) is 11.6 Å². The van der Waals surface area contributed by atoms with E-state index in [1.165, 1.54) is 4.90 Å². The first kappa shape index (κ1) is 15.3. The highest BCUT2D eigenvalue weighted by Gasteiger charge is 2.31. The van der Waals surface area contributed by atoms with Crippen molar-refractivity contribution in [2.45, 2.75) is 31.7 Å². The van der Waals surface area contributed by atoms with Crippen LogP contribution in [0.5, 0.6) is 0 Å². The quantitative estimate of drug-likeness (QED) is 0.931. The van der Waals surface area contributed by atoms with E-state index in [9.17, 15) is 14.7 Å². The average molecular weight is 338 g/mol. The number of amides is 1. The Morgan fingerprint density at radius 1 is 1.36 bits per heavy atom. The van der Waals surface area contributed by atoms with Crippen LogP contribution in [-0.4, -0.2) is 34.5 Å². The third-order valence-corrected chi connectivity index (χ3v) is 5.31. The Balaban J connectivity index is 1.83. The summed E-state index contributed by atoms with van der Waals surface area (Å²) in [6.07, 6.45) is 2.49. The summed E-state index contributed by atoms with van der Waals surface area (Å²) < 4.78 is 1.08. The molecule has 6 heteroatoms. The minimum atomic E-state index is -0.911. The zero-order chi connectivity index (χ0) is 15.7. The molecule has 4 nitrogen and oxygen atoms in total. The fourth-order valence-corrected chi connectivity index (χ4v) is 4.06. The van der Waals surface area contributed by atoms with Gasteiger partial charge in [0.05, 0.1) is 6.42 Å². The molecular weight excluding hydrogens is 322 g/mol. The number of aliphatic carboxylic acids is 1. The Morgan fingerprint density at radius 2 is 2.18 bits per heavy atom. The van der Waals surface area contributed by atoms with E-state index in [2.05, 4.69) is 0 Å². The maximum atomic E-state index is 12.5. The summed E-state index contributed by atoms with van der Waals surface area (Å²) in [6.45, 7) is 0.526. The van der Waals surface area contributed by atoms with Crippen LogP contribution in [0, 0.1) is 0 Å². The van der Waals surface area contributed by atoms with Crippen LogP contribution in [0.2, 0.25) is 5.02 Å². The van der Waals surface area contributed by atoms with Gasteiger partial charge in [0.2, 0.25) is 5.91 Å². The van der Waals surface area contributed by atoms with Gasteiger partial charge in [-0.3, -0.25) is 4.79 Å². The third kappa shape index (κ3) is 2.96. The fraction of sp³-hybridized carbons (Fsp3) is 0.375. The zero-order valence-electron chi connectivity index (χ0n) is 11.9. The SMILES string of the molecule is O=C(O)C1CCCCN1C(=O)Cc1csc2ccc(Cl)cc12. The van der Waals surface area contributed by atoms with Gasteiger partial charge < -0.3 is 10.0 Å². The summed E-state index contributed by atoms with van der Waals surface area (Å²) in [5.41, 5.74) is 0.919. The number of hydrogen-bond donors (Lipinski definition) is 1. The zero-order valence-corrected chi connectivity index (χ0v) is 13.5. The minimum absolute atomic E-state index is 0.119. The van der Waals surface area contributed by atoms with Crippen molar-refractivity contribution in [3.05, 3.63) is 34.2 Å². The fourth-order valence-electron chi connectivity index (χ4n) is 2.94. The molecule has 1 aliphatic heterocycles. The molecule has 1 fully saturated rings. The van der Waals surface area contributed by atoms with Crippen LogP contribution >= 0.6 is 22.9 Å². The van der Waals surface area contributed by atoms with Gasteiger partial charge in [-0.15, -0.1) is 11.3 Å². The number of piperidine rings is 1. The van der Waals surface area contributed by atoms with Crippen molar-refractivity contribution < 1.29 is 14.7 Å². The topological polar surface area (TPSA) is 57.6 Å². The maximum Gasteiger partial charge on any atom is 0.326 e. The highest BCUT2D eigenvalue weighted by atomic mass is 35.5. The Morgan fingerprint density at radius 3 is 2.95 bits per heavy atom. The smallest absolute Gasteiger partial charge is 0.326 e. The van der Waals surface area contributed by atoms with Crippen molar-refractivity contribution in [2.24, 2.45) is 0 Å². The lowest BCUT2D eigenvalue weighted by atomic mass is 10.0. The van der Waals surface area contributed by atoms with Gasteiger partial charge in [0.1, 0.15) is 6.04 Å². The van der Waals surface area contributed by atoms with Crippen LogP contribution in [0.15, 0.2) is 23.6 Å². The normalized spacial score (nSPS) is 18.6. The number of thiophene rings is 1. The van der Waals surface area contributed by atoms with E-state index < -0.39 is 12.0 Å². The average Bonchev–Trinajstić information content (AvgIpc) is 2.89. The predicted octanol–water partition coefficient (Wildman–Crippen LogP) is 3.56. The van der Waals surface area contributed by atoms with E-state index in [1.807, 2.05) is 23.6 Å². The molecule has 1 aliphatic rings. The number of carboxylic acid groups (broad SMARTS) is 1. The second-order valence-corrected chi connectivity index (χ2v) is 6.86. The Kier molecular flexibility index (Phi) is 4.36. The number of fused-ring (bicyclic) bond motifs is 1. The molecule has 1 atom stereocenters. The number of rotatable bonds is 3. The standard InChI is InChI=1S/C16H16ClNO3S/c17-11-4-5-14-12(8-11)10(9-22-14)7-15(19)18-6-2-1-3-13(18)16(20)21/h4-5,8-9,13H,1-3,6-7H2,(H,20,21). The summed E-state index contributed by atoms with van der Waals surface area (Å²) in [4.78, 5) is 25.4. The van der Waals surface area contributed by atoms with Crippen molar-refractivity contribution in [3.63, 3.8) is 0 Å². The molecule has 0 bridgehead atoms. The molecule has 1 N–H and O–H groups in total. The molecule has 1 amide bonds. The van der Waals surface area contributed by atoms with Crippen molar-refractivity contribution >= 4 is 44.9 Å².